The molecule has 1 N–H and O–H groups in total. The molecule has 1 aliphatic heterocycles. The van der Waals surface area contributed by atoms with E-state index in [0.29, 0.717) is 10.1 Å². The van der Waals surface area contributed by atoms with Gasteiger partial charge in [-0.2, -0.15) is 0 Å². The summed E-state index contributed by atoms with van der Waals surface area (Å²) < 4.78 is 12.1. The molecular weight excluding hydrogens is 398 g/mol. The average Bonchev–Trinajstić information content (AvgIpc) is 3.39. The standard InChI is InChI=1S/C23H35N3O3S/c1-14-20(29-23(5,6)26(14)22(2,3)4)28-21-25-13-18(30-21)19(27)24-12-11-17-15-7-8-16(17)10-9-15/h13,15-17,20H,1,7-12H2,2-6H3,(H,24,27). The molecule has 0 spiro atoms. The third-order valence-electron chi connectivity index (χ3n) is 6.87. The zero-order chi connectivity index (χ0) is 21.7. The van der Waals surface area contributed by atoms with Crippen molar-refractivity contribution in [2.24, 2.45) is 17.8 Å². The third kappa shape index (κ3) is 4.11. The van der Waals surface area contributed by atoms with Gasteiger partial charge in [-0.25, -0.2) is 4.98 Å². The monoisotopic (exact) mass is 433 g/mol. The Morgan fingerprint density at radius 3 is 2.53 bits per heavy atom. The molecule has 2 heterocycles. The number of carbonyl (C=O) groups excluding carboxylic acids is 1. The summed E-state index contributed by atoms with van der Waals surface area (Å²) in [6.45, 7) is 15.3. The highest BCUT2D eigenvalue weighted by Crippen LogP contribution is 2.50. The van der Waals surface area contributed by atoms with Crippen LogP contribution >= 0.6 is 11.3 Å². The predicted octanol–water partition coefficient (Wildman–Crippen LogP) is 4.78. The molecule has 1 aromatic rings. The topological polar surface area (TPSA) is 63.7 Å². The number of amides is 1. The second-order valence-corrected chi connectivity index (χ2v) is 11.4. The summed E-state index contributed by atoms with van der Waals surface area (Å²) in [5, 5.41) is 3.49. The molecule has 1 saturated heterocycles. The van der Waals surface area contributed by atoms with E-state index < -0.39 is 12.0 Å². The van der Waals surface area contributed by atoms with Crippen LogP contribution in [0.2, 0.25) is 0 Å². The van der Waals surface area contributed by atoms with Gasteiger partial charge in [0.2, 0.25) is 6.29 Å². The van der Waals surface area contributed by atoms with Gasteiger partial charge in [-0.05, 0) is 84.5 Å². The van der Waals surface area contributed by atoms with Crippen LogP contribution < -0.4 is 10.1 Å². The molecule has 2 aliphatic carbocycles. The van der Waals surface area contributed by atoms with Crippen molar-refractivity contribution in [2.75, 3.05) is 6.54 Å². The van der Waals surface area contributed by atoms with Crippen LogP contribution in [0.25, 0.3) is 0 Å². The second kappa shape index (κ2) is 7.83. The smallest absolute Gasteiger partial charge is 0.276 e. The van der Waals surface area contributed by atoms with Crippen LogP contribution in [-0.4, -0.2) is 39.9 Å². The molecule has 166 valence electrons. The van der Waals surface area contributed by atoms with Crippen molar-refractivity contribution in [1.29, 1.82) is 0 Å². The maximum Gasteiger partial charge on any atom is 0.276 e. The first-order valence-corrected chi connectivity index (χ1v) is 12.0. The van der Waals surface area contributed by atoms with Crippen LogP contribution in [0.3, 0.4) is 0 Å². The Hall–Kier alpha value is -1.60. The SMILES string of the molecule is C=C1C(Oc2ncc(C(=O)NCCC3C4CCC3CC4)s2)OC(C)(C)N1C(C)(C)C. The van der Waals surface area contributed by atoms with E-state index in [2.05, 4.69) is 42.6 Å². The number of thiazole rings is 1. The van der Waals surface area contributed by atoms with Gasteiger partial charge in [-0.1, -0.05) is 17.9 Å². The summed E-state index contributed by atoms with van der Waals surface area (Å²) in [5.41, 5.74) is 0.0857. The van der Waals surface area contributed by atoms with Gasteiger partial charge in [0.1, 0.15) is 10.6 Å². The number of ether oxygens (including phenoxy) is 2. The second-order valence-electron chi connectivity index (χ2n) is 10.4. The van der Waals surface area contributed by atoms with Crippen LogP contribution in [-0.2, 0) is 4.74 Å². The fourth-order valence-corrected chi connectivity index (χ4v) is 6.67. The molecule has 7 heteroatoms. The minimum Gasteiger partial charge on any atom is -0.434 e. The van der Waals surface area contributed by atoms with E-state index in [9.17, 15) is 4.79 Å². The minimum atomic E-state index is -0.612. The molecule has 6 nitrogen and oxygen atoms in total. The first-order chi connectivity index (χ1) is 14.1. The van der Waals surface area contributed by atoms with Crippen LogP contribution in [0, 0.1) is 17.8 Å². The molecule has 30 heavy (non-hydrogen) atoms. The Labute approximate surface area is 184 Å². The number of nitrogens with zero attached hydrogens (tertiary/aromatic N) is 2. The van der Waals surface area contributed by atoms with Crippen molar-refractivity contribution >= 4 is 17.2 Å². The lowest BCUT2D eigenvalue weighted by molar-refractivity contribution is -0.143. The molecular formula is C23H35N3O3S. The summed E-state index contributed by atoms with van der Waals surface area (Å²) in [4.78, 5) is 19.5. The third-order valence-corrected chi connectivity index (χ3v) is 7.76. The van der Waals surface area contributed by atoms with Crippen molar-refractivity contribution in [2.45, 2.75) is 84.3 Å². The molecule has 1 unspecified atom stereocenters. The Morgan fingerprint density at radius 2 is 1.97 bits per heavy atom. The van der Waals surface area contributed by atoms with Gasteiger partial charge in [-0.15, -0.1) is 0 Å². The highest BCUT2D eigenvalue weighted by Gasteiger charge is 2.48. The molecule has 2 bridgehead atoms. The number of carbonyl (C=O) groups is 1. The number of hydrogen-bond acceptors (Lipinski definition) is 6. The average molecular weight is 434 g/mol. The lowest BCUT2D eigenvalue weighted by Gasteiger charge is -2.42. The summed E-state index contributed by atoms with van der Waals surface area (Å²) in [7, 11) is 0. The van der Waals surface area contributed by atoms with E-state index in [1.165, 1.54) is 37.0 Å². The first-order valence-electron chi connectivity index (χ1n) is 11.1. The number of rotatable bonds is 6. The quantitative estimate of drug-likeness (QED) is 0.699. The molecule has 1 amide bonds. The van der Waals surface area contributed by atoms with E-state index >= 15 is 0 Å². The van der Waals surface area contributed by atoms with Crippen LogP contribution in [0.1, 0.15) is 76.4 Å². The van der Waals surface area contributed by atoms with Crippen LogP contribution in [0.4, 0.5) is 0 Å². The minimum absolute atomic E-state index is 0.0736. The summed E-state index contributed by atoms with van der Waals surface area (Å²) >= 11 is 1.25. The van der Waals surface area contributed by atoms with Gasteiger partial charge < -0.3 is 19.7 Å². The van der Waals surface area contributed by atoms with Crippen LogP contribution in [0.15, 0.2) is 18.5 Å². The molecule has 0 aromatic carbocycles. The van der Waals surface area contributed by atoms with Crippen LogP contribution in [0.5, 0.6) is 5.19 Å². The zero-order valence-corrected chi connectivity index (χ0v) is 19.7. The summed E-state index contributed by atoms with van der Waals surface area (Å²) in [5.74, 6) is 2.53. The number of fused-ring (bicyclic) bond motifs is 2. The molecule has 3 fully saturated rings. The fraction of sp³-hybridized carbons (Fsp3) is 0.739. The van der Waals surface area contributed by atoms with Gasteiger partial charge in [0.25, 0.3) is 11.1 Å². The number of hydrogen-bond donors (Lipinski definition) is 1. The maximum absolute atomic E-state index is 12.5. The zero-order valence-electron chi connectivity index (χ0n) is 18.9. The van der Waals surface area contributed by atoms with E-state index in [1.54, 1.807) is 6.20 Å². The fourth-order valence-electron chi connectivity index (χ4n) is 5.97. The van der Waals surface area contributed by atoms with Crippen molar-refractivity contribution in [3.8, 4) is 5.19 Å². The normalized spacial score (nSPS) is 30.2. The van der Waals surface area contributed by atoms with Gasteiger partial charge in [0.05, 0.1) is 11.9 Å². The largest absolute Gasteiger partial charge is 0.434 e. The Morgan fingerprint density at radius 1 is 1.33 bits per heavy atom. The van der Waals surface area contributed by atoms with E-state index in [-0.39, 0.29) is 11.4 Å². The first kappa shape index (κ1) is 21.6. The maximum atomic E-state index is 12.5. The highest BCUT2D eigenvalue weighted by atomic mass is 32.1. The molecule has 3 aliphatic rings. The predicted molar refractivity (Wildman–Crippen MR) is 118 cm³/mol. The Bertz CT molecular complexity index is 793. The van der Waals surface area contributed by atoms with Gasteiger partial charge in [-0.3, -0.25) is 4.79 Å². The molecule has 4 rings (SSSR count). The number of nitrogens with one attached hydrogen (secondary N) is 1. The van der Waals surface area contributed by atoms with Crippen molar-refractivity contribution < 1.29 is 14.3 Å². The summed E-state index contributed by atoms with van der Waals surface area (Å²) in [6, 6.07) is 0. The van der Waals surface area contributed by atoms with Gasteiger partial charge >= 0.3 is 0 Å². The lowest BCUT2D eigenvalue weighted by atomic mass is 9.94. The van der Waals surface area contributed by atoms with Crippen molar-refractivity contribution in [3.05, 3.63) is 23.3 Å². The van der Waals surface area contributed by atoms with E-state index in [4.69, 9.17) is 9.47 Å². The molecule has 1 atom stereocenters. The molecule has 1 aromatic heterocycles. The van der Waals surface area contributed by atoms with Crippen molar-refractivity contribution in [3.63, 3.8) is 0 Å². The van der Waals surface area contributed by atoms with E-state index in [0.717, 1.165) is 36.4 Å². The molecule has 0 radical (unpaired) electrons. The number of aromatic nitrogens is 1. The lowest BCUT2D eigenvalue weighted by Crippen LogP contribution is -2.49. The van der Waals surface area contributed by atoms with Crippen molar-refractivity contribution in [1.82, 2.24) is 15.2 Å². The van der Waals surface area contributed by atoms with E-state index in [1.807, 2.05) is 13.8 Å². The van der Waals surface area contributed by atoms with Gasteiger partial charge in [0, 0.05) is 12.1 Å². The van der Waals surface area contributed by atoms with Gasteiger partial charge in [0.15, 0.2) is 0 Å². The highest BCUT2D eigenvalue weighted by molar-refractivity contribution is 7.15. The summed E-state index contributed by atoms with van der Waals surface area (Å²) in [6.07, 6.45) is 7.61. The Balaban J connectivity index is 1.31. The molecule has 2 saturated carbocycles. The Kier molecular flexibility index (Phi) is 5.64.